The Morgan fingerprint density at radius 3 is 2.27 bits per heavy atom. The Morgan fingerprint density at radius 2 is 2.00 bits per heavy atom. The van der Waals surface area contributed by atoms with Crippen LogP contribution in [0.2, 0.25) is 0 Å². The van der Waals surface area contributed by atoms with E-state index in [1.807, 2.05) is 6.92 Å². The summed E-state index contributed by atoms with van der Waals surface area (Å²) in [6.07, 6.45) is 3.30. The standard InChI is InChI=1S/C6H12O2.C2H4O/c1-3-4-5-6(7)8-2;1-2-3/h3-5H2,1-2H3;2H,1H3. The summed E-state index contributed by atoms with van der Waals surface area (Å²) >= 11 is 0. The molecule has 0 saturated carbocycles. The van der Waals surface area contributed by atoms with Gasteiger partial charge >= 0.3 is 5.97 Å². The molecule has 0 atom stereocenters. The van der Waals surface area contributed by atoms with E-state index in [4.69, 9.17) is 4.79 Å². The van der Waals surface area contributed by atoms with Crippen LogP contribution < -0.4 is 0 Å². The number of carbonyl (C=O) groups excluding carboxylic acids is 2. The zero-order chi connectivity index (χ0) is 9.11. The SMILES string of the molecule is CC=O.CCCCC(=O)OC. The number of ether oxygens (including phenoxy) is 1. The average molecular weight is 160 g/mol. The van der Waals surface area contributed by atoms with Crippen LogP contribution in [0.25, 0.3) is 0 Å². The molecule has 0 aromatic carbocycles. The predicted octanol–water partition coefficient (Wildman–Crippen LogP) is 1.55. The van der Waals surface area contributed by atoms with Crippen LogP contribution in [0.4, 0.5) is 0 Å². The van der Waals surface area contributed by atoms with Crippen LogP contribution in [0.5, 0.6) is 0 Å². The Balaban J connectivity index is 0. The molecule has 0 rings (SSSR count). The molecule has 0 aliphatic heterocycles. The van der Waals surface area contributed by atoms with Gasteiger partial charge < -0.3 is 9.53 Å². The molecule has 0 aliphatic rings. The van der Waals surface area contributed by atoms with Crippen molar-refractivity contribution in [1.82, 2.24) is 0 Å². The van der Waals surface area contributed by atoms with Gasteiger partial charge in [0.25, 0.3) is 0 Å². The molecule has 0 bridgehead atoms. The van der Waals surface area contributed by atoms with Crippen LogP contribution in [-0.2, 0) is 14.3 Å². The van der Waals surface area contributed by atoms with Gasteiger partial charge in [-0.3, -0.25) is 4.79 Å². The van der Waals surface area contributed by atoms with Crippen molar-refractivity contribution >= 4 is 12.3 Å². The van der Waals surface area contributed by atoms with Crippen molar-refractivity contribution in [3.8, 4) is 0 Å². The third-order valence-corrected chi connectivity index (χ3v) is 0.962. The fourth-order valence-corrected chi connectivity index (χ4v) is 0.423. The average Bonchev–Trinajstić information content (AvgIpc) is 2.02. The first kappa shape index (κ1) is 12.8. The molecule has 3 heteroatoms. The fourth-order valence-electron chi connectivity index (χ4n) is 0.423. The highest BCUT2D eigenvalue weighted by Crippen LogP contribution is 1.94. The van der Waals surface area contributed by atoms with E-state index in [1.54, 1.807) is 0 Å². The van der Waals surface area contributed by atoms with Crippen LogP contribution in [0.3, 0.4) is 0 Å². The minimum atomic E-state index is -0.105. The Hall–Kier alpha value is -0.860. The molecule has 0 fully saturated rings. The monoisotopic (exact) mass is 160 g/mol. The predicted molar refractivity (Wildman–Crippen MR) is 43.3 cm³/mol. The molecule has 0 spiro atoms. The number of esters is 1. The molecular formula is C8H16O3. The molecule has 11 heavy (non-hydrogen) atoms. The van der Waals surface area contributed by atoms with Gasteiger partial charge in [-0.1, -0.05) is 13.3 Å². The third-order valence-electron chi connectivity index (χ3n) is 0.962. The van der Waals surface area contributed by atoms with E-state index in [-0.39, 0.29) is 5.97 Å². The molecule has 0 aliphatic carbocycles. The van der Waals surface area contributed by atoms with Crippen molar-refractivity contribution in [1.29, 1.82) is 0 Å². The molecule has 0 aromatic rings. The molecule has 0 radical (unpaired) electrons. The first-order valence-corrected chi connectivity index (χ1v) is 3.69. The van der Waals surface area contributed by atoms with Crippen molar-refractivity contribution < 1.29 is 14.3 Å². The minimum absolute atomic E-state index is 0.105. The third kappa shape index (κ3) is 17.6. The van der Waals surface area contributed by atoms with Gasteiger partial charge in [0, 0.05) is 6.42 Å². The normalized spacial score (nSPS) is 7.55. The zero-order valence-electron chi connectivity index (χ0n) is 7.42. The second-order valence-corrected chi connectivity index (χ2v) is 1.92. The number of methoxy groups -OCH3 is 1. The quantitative estimate of drug-likeness (QED) is 0.464. The maximum atomic E-state index is 10.3. The Morgan fingerprint density at radius 1 is 1.55 bits per heavy atom. The van der Waals surface area contributed by atoms with Gasteiger partial charge in [-0.25, -0.2) is 0 Å². The molecule has 0 amide bonds. The van der Waals surface area contributed by atoms with E-state index >= 15 is 0 Å². The van der Waals surface area contributed by atoms with Crippen LogP contribution in [-0.4, -0.2) is 19.4 Å². The molecule has 0 unspecified atom stereocenters. The number of unbranched alkanes of at least 4 members (excludes halogenated alkanes) is 1. The summed E-state index contributed by atoms with van der Waals surface area (Å²) in [4.78, 5) is 19.2. The number of rotatable bonds is 3. The van der Waals surface area contributed by atoms with E-state index in [1.165, 1.54) is 14.0 Å². The number of hydrogen-bond acceptors (Lipinski definition) is 3. The Bertz CT molecular complexity index is 99.5. The summed E-state index contributed by atoms with van der Waals surface area (Å²) in [7, 11) is 1.41. The highest BCUT2D eigenvalue weighted by Gasteiger charge is 1.95. The first-order valence-electron chi connectivity index (χ1n) is 3.69. The topological polar surface area (TPSA) is 43.4 Å². The van der Waals surface area contributed by atoms with E-state index in [9.17, 15) is 4.79 Å². The molecule has 0 heterocycles. The van der Waals surface area contributed by atoms with Gasteiger partial charge in [0.05, 0.1) is 7.11 Å². The van der Waals surface area contributed by atoms with Crippen molar-refractivity contribution in [2.45, 2.75) is 33.1 Å². The second-order valence-electron chi connectivity index (χ2n) is 1.92. The lowest BCUT2D eigenvalue weighted by molar-refractivity contribution is -0.140. The van der Waals surface area contributed by atoms with Crippen molar-refractivity contribution in [3.05, 3.63) is 0 Å². The van der Waals surface area contributed by atoms with E-state index in [0.717, 1.165) is 19.1 Å². The molecule has 0 aromatic heterocycles. The van der Waals surface area contributed by atoms with E-state index in [2.05, 4.69) is 4.74 Å². The molecule has 3 nitrogen and oxygen atoms in total. The lowest BCUT2D eigenvalue weighted by Gasteiger charge is -1.93. The highest BCUT2D eigenvalue weighted by atomic mass is 16.5. The van der Waals surface area contributed by atoms with Gasteiger partial charge in [-0.05, 0) is 13.3 Å². The molecular weight excluding hydrogens is 144 g/mol. The lowest BCUT2D eigenvalue weighted by atomic mass is 10.3. The maximum Gasteiger partial charge on any atom is 0.305 e. The lowest BCUT2D eigenvalue weighted by Crippen LogP contribution is -1.98. The summed E-state index contributed by atoms with van der Waals surface area (Å²) in [5.41, 5.74) is 0. The summed E-state index contributed by atoms with van der Waals surface area (Å²) < 4.78 is 4.41. The van der Waals surface area contributed by atoms with Gasteiger partial charge in [-0.2, -0.15) is 0 Å². The van der Waals surface area contributed by atoms with Gasteiger partial charge in [-0.15, -0.1) is 0 Å². The summed E-state index contributed by atoms with van der Waals surface area (Å²) in [5.74, 6) is -0.105. The van der Waals surface area contributed by atoms with Crippen LogP contribution in [0.15, 0.2) is 0 Å². The zero-order valence-corrected chi connectivity index (χ0v) is 7.42. The Kier molecular flexibility index (Phi) is 13.8. The smallest absolute Gasteiger partial charge is 0.305 e. The molecule has 0 saturated heterocycles. The van der Waals surface area contributed by atoms with Crippen molar-refractivity contribution in [2.24, 2.45) is 0 Å². The molecule has 66 valence electrons. The Labute approximate surface area is 67.7 Å². The number of aldehydes is 1. The van der Waals surface area contributed by atoms with Crippen molar-refractivity contribution in [2.75, 3.05) is 7.11 Å². The van der Waals surface area contributed by atoms with Gasteiger partial charge in [0.1, 0.15) is 6.29 Å². The minimum Gasteiger partial charge on any atom is -0.469 e. The first-order chi connectivity index (χ1) is 5.22. The van der Waals surface area contributed by atoms with Gasteiger partial charge in [0.15, 0.2) is 0 Å². The number of carbonyl (C=O) groups is 2. The van der Waals surface area contributed by atoms with Crippen molar-refractivity contribution in [3.63, 3.8) is 0 Å². The summed E-state index contributed by atoms with van der Waals surface area (Å²) in [6.45, 7) is 3.49. The summed E-state index contributed by atoms with van der Waals surface area (Å²) in [5, 5.41) is 0. The number of hydrogen-bond donors (Lipinski definition) is 0. The van der Waals surface area contributed by atoms with Crippen LogP contribution in [0, 0.1) is 0 Å². The maximum absolute atomic E-state index is 10.3. The fraction of sp³-hybridized carbons (Fsp3) is 0.750. The molecule has 0 N–H and O–H groups in total. The second kappa shape index (κ2) is 11.9. The van der Waals surface area contributed by atoms with Crippen LogP contribution >= 0.6 is 0 Å². The van der Waals surface area contributed by atoms with E-state index < -0.39 is 0 Å². The van der Waals surface area contributed by atoms with E-state index in [0.29, 0.717) is 6.42 Å². The van der Waals surface area contributed by atoms with Crippen LogP contribution in [0.1, 0.15) is 33.1 Å². The highest BCUT2D eigenvalue weighted by molar-refractivity contribution is 5.68. The van der Waals surface area contributed by atoms with Gasteiger partial charge in [0.2, 0.25) is 0 Å². The largest absolute Gasteiger partial charge is 0.469 e. The summed E-state index contributed by atoms with van der Waals surface area (Å²) in [6, 6.07) is 0.